The number of ether oxygens (including phenoxy) is 3. The van der Waals surface area contributed by atoms with Crippen LogP contribution in [0.15, 0.2) is 70.5 Å². The molecule has 0 aliphatic carbocycles. The number of carbonyl (C=O) groups excluding carboxylic acids is 2. The summed E-state index contributed by atoms with van der Waals surface area (Å²) in [4.78, 5) is 26.5. The number of carbonyl (C=O) groups is 2. The van der Waals surface area contributed by atoms with Crippen LogP contribution in [0.1, 0.15) is 10.4 Å². The molecule has 7 nitrogen and oxygen atoms in total. The maximum atomic E-state index is 12.4. The van der Waals surface area contributed by atoms with Crippen molar-refractivity contribution in [2.24, 2.45) is 0 Å². The molecule has 9 heteroatoms. The van der Waals surface area contributed by atoms with Crippen molar-refractivity contribution in [1.82, 2.24) is 5.32 Å². The lowest BCUT2D eigenvalue weighted by atomic mass is 10.2. The summed E-state index contributed by atoms with van der Waals surface area (Å²) in [6.45, 7) is -0.201. The van der Waals surface area contributed by atoms with Gasteiger partial charge in [0.05, 0.1) is 32.9 Å². The van der Waals surface area contributed by atoms with Crippen molar-refractivity contribution >= 4 is 40.9 Å². The van der Waals surface area contributed by atoms with E-state index in [9.17, 15) is 9.59 Å². The van der Waals surface area contributed by atoms with Gasteiger partial charge < -0.3 is 24.8 Å². The number of hydrogen-bond acceptors (Lipinski definition) is 6. The average Bonchev–Trinajstić information content (AvgIpc) is 2.84. The summed E-state index contributed by atoms with van der Waals surface area (Å²) in [7, 11) is 4.62. The maximum Gasteiger partial charge on any atom is 0.251 e. The molecule has 0 saturated heterocycles. The first-order valence-electron chi connectivity index (χ1n) is 9.85. The van der Waals surface area contributed by atoms with Crippen molar-refractivity contribution < 1.29 is 23.8 Å². The van der Waals surface area contributed by atoms with Crippen LogP contribution in [0.2, 0.25) is 5.02 Å². The smallest absolute Gasteiger partial charge is 0.251 e. The molecule has 0 aromatic heterocycles. The Balaban J connectivity index is 1.55. The van der Waals surface area contributed by atoms with Crippen LogP contribution in [0.5, 0.6) is 17.2 Å². The van der Waals surface area contributed by atoms with Gasteiger partial charge in [-0.25, -0.2) is 0 Å². The van der Waals surface area contributed by atoms with Crippen molar-refractivity contribution in [2.75, 3.05) is 33.2 Å². The van der Waals surface area contributed by atoms with E-state index in [2.05, 4.69) is 10.6 Å². The number of methoxy groups -OCH3 is 3. The van der Waals surface area contributed by atoms with Crippen LogP contribution in [0, 0.1) is 0 Å². The molecule has 0 aliphatic heterocycles. The number of halogens is 1. The zero-order chi connectivity index (χ0) is 23.8. The highest BCUT2D eigenvalue weighted by Crippen LogP contribution is 2.35. The van der Waals surface area contributed by atoms with Gasteiger partial charge in [-0.1, -0.05) is 23.4 Å². The van der Waals surface area contributed by atoms with Crippen LogP contribution in [0.25, 0.3) is 0 Å². The van der Waals surface area contributed by atoms with Gasteiger partial charge in [0, 0.05) is 21.0 Å². The molecule has 33 heavy (non-hydrogen) atoms. The fraction of sp³-hybridized carbons (Fsp3) is 0.167. The van der Waals surface area contributed by atoms with Crippen molar-refractivity contribution in [1.29, 1.82) is 0 Å². The molecule has 0 aliphatic rings. The summed E-state index contributed by atoms with van der Waals surface area (Å²) in [6, 6.07) is 17.7. The van der Waals surface area contributed by atoms with Crippen LogP contribution >= 0.6 is 23.4 Å². The van der Waals surface area contributed by atoms with Crippen molar-refractivity contribution in [3.63, 3.8) is 0 Å². The summed E-state index contributed by atoms with van der Waals surface area (Å²) in [6.07, 6.45) is 0. The van der Waals surface area contributed by atoms with Crippen LogP contribution in [0.4, 0.5) is 5.69 Å². The molecule has 172 valence electrons. The fourth-order valence-electron chi connectivity index (χ4n) is 2.88. The quantitative estimate of drug-likeness (QED) is 0.448. The topological polar surface area (TPSA) is 85.9 Å². The molecule has 2 N–H and O–H groups in total. The van der Waals surface area contributed by atoms with Gasteiger partial charge >= 0.3 is 0 Å². The molecule has 2 amide bonds. The highest BCUT2D eigenvalue weighted by Gasteiger charge is 2.13. The number of nitrogens with one attached hydrogen (secondary N) is 2. The standard InChI is InChI=1S/C24H23ClN2O5S/c1-30-17-6-8-18(9-7-17)33-22-11-5-16(13-19(22)25)27-23(28)14-26-24(29)15-4-10-20(31-2)21(12-15)32-3/h4-13H,14H2,1-3H3,(H,26,29)(H,27,28). The van der Waals surface area contributed by atoms with E-state index in [-0.39, 0.29) is 12.5 Å². The third kappa shape index (κ3) is 6.57. The summed E-state index contributed by atoms with van der Waals surface area (Å²) in [5.41, 5.74) is 0.882. The molecular formula is C24H23ClN2O5S. The molecule has 0 spiro atoms. The molecule has 0 saturated carbocycles. The van der Waals surface area contributed by atoms with Crippen LogP contribution in [-0.2, 0) is 4.79 Å². The number of amides is 2. The first kappa shape index (κ1) is 24.3. The highest BCUT2D eigenvalue weighted by atomic mass is 35.5. The molecule has 3 aromatic carbocycles. The van der Waals surface area contributed by atoms with Crippen molar-refractivity contribution in [3.05, 3.63) is 71.2 Å². The first-order chi connectivity index (χ1) is 15.9. The van der Waals surface area contributed by atoms with E-state index in [0.717, 1.165) is 15.5 Å². The number of benzene rings is 3. The number of anilines is 1. The van der Waals surface area contributed by atoms with E-state index in [4.69, 9.17) is 25.8 Å². The van der Waals surface area contributed by atoms with Crippen molar-refractivity contribution in [3.8, 4) is 17.2 Å². The predicted octanol–water partition coefficient (Wildman–Crippen LogP) is 4.89. The normalized spacial score (nSPS) is 10.3. The average molecular weight is 487 g/mol. The highest BCUT2D eigenvalue weighted by molar-refractivity contribution is 7.99. The van der Waals surface area contributed by atoms with Gasteiger partial charge in [0.2, 0.25) is 5.91 Å². The van der Waals surface area contributed by atoms with Gasteiger partial charge in [0.1, 0.15) is 5.75 Å². The zero-order valence-corrected chi connectivity index (χ0v) is 19.9. The van der Waals surface area contributed by atoms with Crippen LogP contribution in [0.3, 0.4) is 0 Å². The molecule has 0 atom stereocenters. The maximum absolute atomic E-state index is 12.4. The van der Waals surface area contributed by atoms with E-state index in [1.807, 2.05) is 30.3 Å². The van der Waals surface area contributed by atoms with E-state index < -0.39 is 5.91 Å². The molecule has 3 aromatic rings. The van der Waals surface area contributed by atoms with E-state index in [1.165, 1.54) is 26.0 Å². The molecule has 0 radical (unpaired) electrons. The molecule has 0 bridgehead atoms. The Morgan fingerprint density at radius 3 is 2.24 bits per heavy atom. The van der Waals surface area contributed by atoms with E-state index in [1.54, 1.807) is 37.4 Å². The predicted molar refractivity (Wildman–Crippen MR) is 129 cm³/mol. The van der Waals surface area contributed by atoms with Gasteiger partial charge in [0.15, 0.2) is 11.5 Å². The summed E-state index contributed by atoms with van der Waals surface area (Å²) < 4.78 is 15.5. The van der Waals surface area contributed by atoms with Gasteiger partial charge in [-0.05, 0) is 60.7 Å². The Bertz CT molecular complexity index is 1140. The second-order valence-corrected chi connectivity index (χ2v) is 8.25. The largest absolute Gasteiger partial charge is 0.497 e. The molecule has 0 unspecified atom stereocenters. The Morgan fingerprint density at radius 2 is 1.61 bits per heavy atom. The van der Waals surface area contributed by atoms with E-state index in [0.29, 0.717) is 27.8 Å². The Labute approximate surface area is 201 Å². The zero-order valence-electron chi connectivity index (χ0n) is 18.3. The SMILES string of the molecule is COc1ccc(Sc2ccc(NC(=O)CNC(=O)c3ccc(OC)c(OC)c3)cc2Cl)cc1. The Hall–Kier alpha value is -3.36. The summed E-state index contributed by atoms with van der Waals surface area (Å²) in [5, 5.41) is 5.81. The summed E-state index contributed by atoms with van der Waals surface area (Å²) in [5.74, 6) is 0.932. The third-order valence-electron chi connectivity index (χ3n) is 4.56. The molecule has 0 fully saturated rings. The lowest BCUT2D eigenvalue weighted by Gasteiger charge is -2.11. The Kier molecular flexibility index (Phi) is 8.46. The van der Waals surface area contributed by atoms with Gasteiger partial charge in [-0.2, -0.15) is 0 Å². The van der Waals surface area contributed by atoms with Crippen molar-refractivity contribution in [2.45, 2.75) is 9.79 Å². The second kappa shape index (κ2) is 11.5. The van der Waals surface area contributed by atoms with Gasteiger partial charge in [-0.3, -0.25) is 9.59 Å². The Morgan fingerprint density at radius 1 is 0.879 bits per heavy atom. The van der Waals surface area contributed by atoms with Crippen LogP contribution in [-0.4, -0.2) is 39.7 Å². The second-order valence-electron chi connectivity index (χ2n) is 6.72. The number of rotatable bonds is 9. The minimum Gasteiger partial charge on any atom is -0.497 e. The molecule has 3 rings (SSSR count). The first-order valence-corrected chi connectivity index (χ1v) is 11.0. The third-order valence-corrected chi connectivity index (χ3v) is 6.07. The lowest BCUT2D eigenvalue weighted by molar-refractivity contribution is -0.115. The van der Waals surface area contributed by atoms with Crippen LogP contribution < -0.4 is 24.8 Å². The molecule has 0 heterocycles. The summed E-state index contributed by atoms with van der Waals surface area (Å²) >= 11 is 7.90. The lowest BCUT2D eigenvalue weighted by Crippen LogP contribution is -2.32. The van der Waals surface area contributed by atoms with Gasteiger partial charge in [0.25, 0.3) is 5.91 Å². The van der Waals surface area contributed by atoms with E-state index >= 15 is 0 Å². The number of hydrogen-bond donors (Lipinski definition) is 2. The minimum atomic E-state index is -0.407. The molecular weight excluding hydrogens is 464 g/mol. The minimum absolute atomic E-state index is 0.201. The van der Waals surface area contributed by atoms with Gasteiger partial charge in [-0.15, -0.1) is 0 Å². The fourth-order valence-corrected chi connectivity index (χ4v) is 3.99. The monoisotopic (exact) mass is 486 g/mol.